The number of carbonyl (C=O) groups is 1. The van der Waals surface area contributed by atoms with Gasteiger partial charge in [-0.25, -0.2) is 14.8 Å². The predicted molar refractivity (Wildman–Crippen MR) is 65.3 cm³/mol. The molecule has 0 saturated heterocycles. The van der Waals surface area contributed by atoms with Crippen LogP contribution in [-0.2, 0) is 4.79 Å². The Balaban J connectivity index is 2.53. The zero-order valence-electron chi connectivity index (χ0n) is 10.3. The number of aromatic nitrogens is 2. The lowest BCUT2D eigenvalue weighted by molar-refractivity contribution is -0.192. The first-order valence-corrected chi connectivity index (χ1v) is 5.54. The summed E-state index contributed by atoms with van der Waals surface area (Å²) in [6.07, 6.45) is -3.91. The second kappa shape index (κ2) is 4.62. The van der Waals surface area contributed by atoms with Crippen LogP contribution in [0.15, 0.2) is 30.6 Å². The van der Waals surface area contributed by atoms with Crippen LogP contribution in [0.5, 0.6) is 0 Å². The predicted octanol–water partition coefficient (Wildman–Crippen LogP) is 2.45. The van der Waals surface area contributed by atoms with E-state index < -0.39 is 17.7 Å². The number of carboxylic acids is 1. The number of fused-ring (bicyclic) bond motifs is 1. The topological polar surface area (TPSA) is 75.1 Å². The maximum Gasteiger partial charge on any atom is 0.422 e. The molecule has 0 fully saturated rings. The molecular formula is C12H10F3N3O2. The van der Waals surface area contributed by atoms with Gasteiger partial charge >= 0.3 is 12.1 Å². The molecule has 1 unspecified atom stereocenters. The fraction of sp³-hybridized carbons (Fsp3) is 0.250. The molecule has 1 aromatic heterocycles. The molecule has 0 spiro atoms. The molecule has 0 aliphatic rings. The number of nitrogens with zero attached hydrogens (tertiary/aromatic N) is 2. The molecule has 106 valence electrons. The normalized spacial score (nSPS) is 14.8. The smallest absolute Gasteiger partial charge is 0.422 e. The average Bonchev–Trinajstić information content (AvgIpc) is 2.37. The Hall–Kier alpha value is -2.38. The maximum atomic E-state index is 13.0. The maximum absolute atomic E-state index is 13.0. The molecule has 0 bridgehead atoms. The minimum absolute atomic E-state index is 0.183. The first-order chi connectivity index (χ1) is 9.25. The summed E-state index contributed by atoms with van der Waals surface area (Å²) >= 11 is 0. The van der Waals surface area contributed by atoms with Gasteiger partial charge in [0.2, 0.25) is 5.54 Å². The number of nitrogens with one attached hydrogen (secondary N) is 1. The Morgan fingerprint density at radius 2 is 1.90 bits per heavy atom. The van der Waals surface area contributed by atoms with Crippen LogP contribution in [0.25, 0.3) is 10.9 Å². The van der Waals surface area contributed by atoms with Crippen LogP contribution < -0.4 is 5.32 Å². The van der Waals surface area contributed by atoms with E-state index in [1.165, 1.54) is 6.07 Å². The van der Waals surface area contributed by atoms with Crippen LogP contribution in [0.3, 0.4) is 0 Å². The van der Waals surface area contributed by atoms with Gasteiger partial charge in [0, 0.05) is 5.39 Å². The van der Waals surface area contributed by atoms with Crippen LogP contribution >= 0.6 is 0 Å². The van der Waals surface area contributed by atoms with E-state index in [1.807, 2.05) is 5.32 Å². The number of halogens is 3. The van der Waals surface area contributed by atoms with Crippen LogP contribution in [0, 0.1) is 0 Å². The van der Waals surface area contributed by atoms with E-state index in [-0.39, 0.29) is 5.82 Å². The summed E-state index contributed by atoms with van der Waals surface area (Å²) in [5.74, 6) is -2.22. The second-order valence-corrected chi connectivity index (χ2v) is 4.29. The minimum atomic E-state index is -4.98. The van der Waals surface area contributed by atoms with Gasteiger partial charge in [0.25, 0.3) is 0 Å². The Morgan fingerprint density at radius 3 is 2.50 bits per heavy atom. The van der Waals surface area contributed by atoms with Gasteiger partial charge in [0.1, 0.15) is 12.1 Å². The fourth-order valence-electron chi connectivity index (χ4n) is 1.59. The lowest BCUT2D eigenvalue weighted by Gasteiger charge is -2.29. The van der Waals surface area contributed by atoms with Crippen LogP contribution in [0.1, 0.15) is 6.92 Å². The van der Waals surface area contributed by atoms with Gasteiger partial charge < -0.3 is 10.4 Å². The van der Waals surface area contributed by atoms with Gasteiger partial charge in [0.15, 0.2) is 0 Å². The molecule has 1 atom stereocenters. The van der Waals surface area contributed by atoms with Crippen molar-refractivity contribution in [2.24, 2.45) is 0 Å². The van der Waals surface area contributed by atoms with Crippen LogP contribution in [0.2, 0.25) is 0 Å². The summed E-state index contributed by atoms with van der Waals surface area (Å²) in [6, 6.07) is 6.37. The largest absolute Gasteiger partial charge is 0.479 e. The van der Waals surface area contributed by atoms with E-state index in [1.54, 1.807) is 18.2 Å². The monoisotopic (exact) mass is 285 g/mol. The van der Waals surface area contributed by atoms with E-state index in [0.717, 1.165) is 6.33 Å². The Morgan fingerprint density at radius 1 is 1.25 bits per heavy atom. The summed E-state index contributed by atoms with van der Waals surface area (Å²) in [6.45, 7) is 0.548. The third-order valence-electron chi connectivity index (χ3n) is 2.91. The van der Waals surface area contributed by atoms with Crippen molar-refractivity contribution in [2.45, 2.75) is 18.6 Å². The van der Waals surface area contributed by atoms with E-state index in [4.69, 9.17) is 5.11 Å². The molecule has 2 N–H and O–H groups in total. The molecule has 0 radical (unpaired) electrons. The van der Waals surface area contributed by atoms with Gasteiger partial charge in [-0.3, -0.25) is 0 Å². The van der Waals surface area contributed by atoms with Gasteiger partial charge in [-0.2, -0.15) is 13.2 Å². The van der Waals surface area contributed by atoms with Gasteiger partial charge in [-0.1, -0.05) is 12.1 Å². The molecule has 2 rings (SSSR count). The SMILES string of the molecule is CC(Nc1ncnc2ccccc12)(C(=O)O)C(F)(F)F. The highest BCUT2D eigenvalue weighted by atomic mass is 19.4. The number of benzene rings is 1. The van der Waals surface area contributed by atoms with Crippen molar-refractivity contribution < 1.29 is 23.1 Å². The number of carboxylic acid groups (broad SMARTS) is 1. The summed E-state index contributed by atoms with van der Waals surface area (Å²) in [5.41, 5.74) is -2.72. The number of rotatable bonds is 3. The van der Waals surface area contributed by atoms with Crippen molar-refractivity contribution in [1.29, 1.82) is 0 Å². The Bertz CT molecular complexity index is 654. The molecule has 0 aliphatic carbocycles. The summed E-state index contributed by atoms with van der Waals surface area (Å²) in [5, 5.41) is 11.1. The molecule has 5 nitrogen and oxygen atoms in total. The van der Waals surface area contributed by atoms with Gasteiger partial charge in [-0.05, 0) is 19.1 Å². The first-order valence-electron chi connectivity index (χ1n) is 5.54. The van der Waals surface area contributed by atoms with Crippen molar-refractivity contribution >= 4 is 22.7 Å². The van der Waals surface area contributed by atoms with Gasteiger partial charge in [0.05, 0.1) is 5.52 Å². The second-order valence-electron chi connectivity index (χ2n) is 4.29. The highest BCUT2D eigenvalue weighted by molar-refractivity contribution is 5.92. The number of alkyl halides is 3. The number of hydrogen-bond donors (Lipinski definition) is 2. The third kappa shape index (κ3) is 2.24. The van der Waals surface area contributed by atoms with E-state index in [2.05, 4.69) is 9.97 Å². The quantitative estimate of drug-likeness (QED) is 0.906. The number of anilines is 1. The summed E-state index contributed by atoms with van der Waals surface area (Å²) < 4.78 is 38.9. The molecule has 0 aliphatic heterocycles. The van der Waals surface area contributed by atoms with E-state index >= 15 is 0 Å². The lowest BCUT2D eigenvalue weighted by Crippen LogP contribution is -2.55. The highest BCUT2D eigenvalue weighted by Gasteiger charge is 2.58. The fourth-order valence-corrected chi connectivity index (χ4v) is 1.59. The van der Waals surface area contributed by atoms with Crippen molar-refractivity contribution in [1.82, 2.24) is 9.97 Å². The van der Waals surface area contributed by atoms with Crippen molar-refractivity contribution in [3.8, 4) is 0 Å². The van der Waals surface area contributed by atoms with Crippen molar-refractivity contribution in [2.75, 3.05) is 5.32 Å². The minimum Gasteiger partial charge on any atom is -0.479 e. The molecule has 20 heavy (non-hydrogen) atoms. The summed E-state index contributed by atoms with van der Waals surface area (Å²) in [7, 11) is 0. The zero-order chi connectivity index (χ0) is 15.0. The molecule has 1 aromatic carbocycles. The Kier molecular flexibility index (Phi) is 3.24. The van der Waals surface area contributed by atoms with E-state index in [9.17, 15) is 18.0 Å². The third-order valence-corrected chi connectivity index (χ3v) is 2.91. The standard InChI is InChI=1S/C12H10F3N3O2/c1-11(10(19)20,12(13,14)15)18-9-7-4-2-3-5-8(7)16-6-17-9/h2-6H,1H3,(H,19,20)(H,16,17,18). The summed E-state index contributed by atoms with van der Waals surface area (Å²) in [4.78, 5) is 18.6. The number of aliphatic carboxylic acids is 1. The lowest BCUT2D eigenvalue weighted by atomic mass is 10.0. The Labute approximate surface area is 111 Å². The molecule has 1 heterocycles. The first kappa shape index (κ1) is 14.0. The molecular weight excluding hydrogens is 275 g/mol. The van der Waals surface area contributed by atoms with Crippen LogP contribution in [-0.4, -0.2) is 32.8 Å². The van der Waals surface area contributed by atoms with Crippen molar-refractivity contribution in [3.63, 3.8) is 0 Å². The highest BCUT2D eigenvalue weighted by Crippen LogP contribution is 2.34. The van der Waals surface area contributed by atoms with E-state index in [0.29, 0.717) is 17.8 Å². The van der Waals surface area contributed by atoms with Crippen LogP contribution in [0.4, 0.5) is 19.0 Å². The number of para-hydroxylation sites is 1. The average molecular weight is 285 g/mol. The van der Waals surface area contributed by atoms with Crippen molar-refractivity contribution in [3.05, 3.63) is 30.6 Å². The number of hydrogen-bond acceptors (Lipinski definition) is 4. The molecule has 0 saturated carbocycles. The zero-order valence-corrected chi connectivity index (χ0v) is 10.3. The molecule has 2 aromatic rings. The molecule has 8 heteroatoms. The van der Waals surface area contributed by atoms with Gasteiger partial charge in [-0.15, -0.1) is 0 Å². The molecule has 0 amide bonds.